The van der Waals surface area contributed by atoms with Gasteiger partial charge in [-0.25, -0.2) is 8.42 Å². The highest BCUT2D eigenvalue weighted by Crippen LogP contribution is 2.30. The van der Waals surface area contributed by atoms with Gasteiger partial charge < -0.3 is 5.32 Å². The van der Waals surface area contributed by atoms with Crippen molar-refractivity contribution in [3.8, 4) is 0 Å². The molecule has 5 nitrogen and oxygen atoms in total. The Morgan fingerprint density at radius 2 is 1.52 bits per heavy atom. The van der Waals surface area contributed by atoms with Crippen LogP contribution in [0.2, 0.25) is 10.0 Å². The van der Waals surface area contributed by atoms with Gasteiger partial charge in [0.1, 0.15) is 0 Å². The second-order valence-electron chi connectivity index (χ2n) is 6.45. The average Bonchev–Trinajstić information content (AvgIpc) is 2.66. The first-order chi connectivity index (χ1) is 13.7. The number of hydrogen-bond donors (Lipinski definition) is 2. The van der Waals surface area contributed by atoms with E-state index >= 15 is 0 Å². The summed E-state index contributed by atoms with van der Waals surface area (Å²) >= 11 is 12.2. The molecule has 2 N–H and O–H groups in total. The Kier molecular flexibility index (Phi) is 6.17. The number of benzene rings is 3. The quantitative estimate of drug-likeness (QED) is 0.528. The Morgan fingerprint density at radius 1 is 0.862 bits per heavy atom. The molecule has 0 saturated carbocycles. The lowest BCUT2D eigenvalue weighted by Crippen LogP contribution is -2.17. The minimum Gasteiger partial charge on any atom is -0.319 e. The molecule has 0 aromatic heterocycles. The third-order valence-corrected chi connectivity index (χ3v) is 6.47. The zero-order valence-corrected chi connectivity index (χ0v) is 18.0. The molecule has 0 aliphatic heterocycles. The number of nitrogens with one attached hydrogen (secondary N) is 2. The first-order valence-electron chi connectivity index (χ1n) is 8.63. The van der Waals surface area contributed by atoms with Crippen molar-refractivity contribution in [1.82, 2.24) is 0 Å². The van der Waals surface area contributed by atoms with Crippen molar-refractivity contribution in [2.75, 3.05) is 10.0 Å². The van der Waals surface area contributed by atoms with Gasteiger partial charge in [-0.3, -0.25) is 9.52 Å². The molecule has 0 heterocycles. The lowest BCUT2D eigenvalue weighted by Gasteiger charge is -2.14. The summed E-state index contributed by atoms with van der Waals surface area (Å²) in [6.45, 7) is 3.47. The molecular formula is C21H18Cl2N2O3S. The fourth-order valence-electron chi connectivity index (χ4n) is 2.72. The Hall–Kier alpha value is -2.54. The number of hydrogen-bond acceptors (Lipinski definition) is 3. The average molecular weight is 449 g/mol. The van der Waals surface area contributed by atoms with E-state index < -0.39 is 15.9 Å². The Labute approximate surface area is 179 Å². The van der Waals surface area contributed by atoms with Crippen LogP contribution in [0.4, 0.5) is 11.4 Å². The van der Waals surface area contributed by atoms with E-state index in [1.807, 2.05) is 19.1 Å². The van der Waals surface area contributed by atoms with Crippen molar-refractivity contribution in [2.24, 2.45) is 0 Å². The largest absolute Gasteiger partial charge is 0.319 e. The van der Waals surface area contributed by atoms with E-state index in [0.29, 0.717) is 11.3 Å². The van der Waals surface area contributed by atoms with Crippen LogP contribution in [0.15, 0.2) is 65.6 Å². The molecule has 0 atom stereocenters. The second kappa shape index (κ2) is 8.45. The smallest absolute Gasteiger partial charge is 0.262 e. The monoisotopic (exact) mass is 448 g/mol. The lowest BCUT2D eigenvalue weighted by molar-refractivity contribution is 0.102. The summed E-state index contributed by atoms with van der Waals surface area (Å²) in [5.41, 5.74) is 2.21. The minimum atomic E-state index is -3.89. The van der Waals surface area contributed by atoms with Crippen molar-refractivity contribution in [3.63, 3.8) is 0 Å². The third kappa shape index (κ3) is 4.72. The zero-order chi connectivity index (χ0) is 21.2. The van der Waals surface area contributed by atoms with E-state index in [2.05, 4.69) is 10.0 Å². The van der Waals surface area contributed by atoms with Crippen LogP contribution in [0.1, 0.15) is 21.5 Å². The molecular weight excluding hydrogens is 431 g/mol. The number of sulfonamides is 1. The molecule has 0 spiro atoms. The first kappa shape index (κ1) is 21.2. The molecule has 8 heteroatoms. The van der Waals surface area contributed by atoms with Gasteiger partial charge in [0.15, 0.2) is 0 Å². The molecule has 150 valence electrons. The summed E-state index contributed by atoms with van der Waals surface area (Å²) in [5, 5.41) is 3.20. The van der Waals surface area contributed by atoms with Gasteiger partial charge in [0.05, 0.1) is 26.3 Å². The topological polar surface area (TPSA) is 75.3 Å². The van der Waals surface area contributed by atoms with Gasteiger partial charge >= 0.3 is 0 Å². The number of para-hydroxylation sites is 2. The third-order valence-electron chi connectivity index (χ3n) is 4.33. The Balaban J connectivity index is 1.93. The summed E-state index contributed by atoms with van der Waals surface area (Å²) in [6, 6.07) is 16.4. The van der Waals surface area contributed by atoms with Crippen LogP contribution >= 0.6 is 23.2 Å². The highest BCUT2D eigenvalue weighted by Gasteiger charge is 2.20. The van der Waals surface area contributed by atoms with Gasteiger partial charge in [0, 0.05) is 5.56 Å². The van der Waals surface area contributed by atoms with Crippen LogP contribution in [0, 0.1) is 13.8 Å². The maximum Gasteiger partial charge on any atom is 0.262 e. The van der Waals surface area contributed by atoms with Gasteiger partial charge in [-0.05, 0) is 55.3 Å². The lowest BCUT2D eigenvalue weighted by atomic mass is 10.1. The van der Waals surface area contributed by atoms with Crippen molar-refractivity contribution in [2.45, 2.75) is 18.7 Å². The van der Waals surface area contributed by atoms with Crippen LogP contribution in [0.25, 0.3) is 0 Å². The number of amides is 1. The van der Waals surface area contributed by atoms with Crippen LogP contribution in [-0.4, -0.2) is 14.3 Å². The molecule has 0 aliphatic rings. The molecule has 0 fully saturated rings. The number of anilines is 2. The van der Waals surface area contributed by atoms with E-state index in [1.54, 1.807) is 49.4 Å². The van der Waals surface area contributed by atoms with E-state index in [1.165, 1.54) is 6.07 Å². The maximum absolute atomic E-state index is 12.9. The highest BCUT2D eigenvalue weighted by molar-refractivity contribution is 7.92. The molecule has 0 aliphatic carbocycles. The van der Waals surface area contributed by atoms with Gasteiger partial charge in [0.2, 0.25) is 0 Å². The molecule has 3 rings (SSSR count). The first-order valence-corrected chi connectivity index (χ1v) is 10.9. The molecule has 1 amide bonds. The molecule has 0 bridgehead atoms. The SMILES string of the molecule is Cc1ccccc1NS(=O)(=O)c1cc(C(=O)Nc2c(Cl)cccc2Cl)ccc1C. The van der Waals surface area contributed by atoms with Gasteiger partial charge in [0.25, 0.3) is 15.9 Å². The molecule has 29 heavy (non-hydrogen) atoms. The summed E-state index contributed by atoms with van der Waals surface area (Å²) in [5.74, 6) is -0.521. The van der Waals surface area contributed by atoms with Crippen molar-refractivity contribution >= 4 is 50.5 Å². The summed E-state index contributed by atoms with van der Waals surface area (Å²) < 4.78 is 28.4. The number of carbonyl (C=O) groups excluding carboxylic acids is 1. The van der Waals surface area contributed by atoms with Crippen molar-refractivity contribution < 1.29 is 13.2 Å². The van der Waals surface area contributed by atoms with Crippen LogP contribution < -0.4 is 10.0 Å². The standard InChI is InChI=1S/C21H18Cl2N2O3S/c1-13-6-3-4-9-18(13)25-29(27,28)19-12-15(11-10-14(19)2)21(26)24-20-16(22)7-5-8-17(20)23/h3-12,25H,1-2H3,(H,24,26). The predicted octanol–water partition coefficient (Wildman–Crippen LogP) is 5.66. The van der Waals surface area contributed by atoms with Gasteiger partial charge in [-0.15, -0.1) is 0 Å². The van der Waals surface area contributed by atoms with Crippen molar-refractivity contribution in [1.29, 1.82) is 0 Å². The second-order valence-corrected chi connectivity index (χ2v) is 8.92. The summed E-state index contributed by atoms with van der Waals surface area (Å²) in [4.78, 5) is 12.7. The van der Waals surface area contributed by atoms with Crippen LogP contribution in [-0.2, 0) is 10.0 Å². The van der Waals surface area contributed by atoms with Gasteiger partial charge in [-0.2, -0.15) is 0 Å². The van der Waals surface area contributed by atoms with E-state index in [0.717, 1.165) is 5.56 Å². The molecule has 0 saturated heterocycles. The maximum atomic E-state index is 12.9. The molecule has 3 aromatic carbocycles. The summed E-state index contributed by atoms with van der Waals surface area (Å²) in [7, 11) is -3.89. The summed E-state index contributed by atoms with van der Waals surface area (Å²) in [6.07, 6.45) is 0. The van der Waals surface area contributed by atoms with Gasteiger partial charge in [-0.1, -0.05) is 53.5 Å². The fraction of sp³-hybridized carbons (Fsp3) is 0.0952. The van der Waals surface area contributed by atoms with Crippen LogP contribution in [0.3, 0.4) is 0 Å². The number of rotatable bonds is 5. The molecule has 0 radical (unpaired) electrons. The fourth-order valence-corrected chi connectivity index (χ4v) is 4.62. The normalized spacial score (nSPS) is 11.2. The minimum absolute atomic E-state index is 0.0126. The Bertz CT molecular complexity index is 1170. The highest BCUT2D eigenvalue weighted by atomic mass is 35.5. The Morgan fingerprint density at radius 3 is 2.17 bits per heavy atom. The van der Waals surface area contributed by atoms with Crippen LogP contribution in [0.5, 0.6) is 0 Å². The molecule has 0 unspecified atom stereocenters. The van der Waals surface area contributed by atoms with E-state index in [4.69, 9.17) is 23.2 Å². The predicted molar refractivity (Wildman–Crippen MR) is 118 cm³/mol. The number of carbonyl (C=O) groups is 1. The number of aryl methyl sites for hydroxylation is 2. The number of halogens is 2. The van der Waals surface area contributed by atoms with Crippen molar-refractivity contribution in [3.05, 3.63) is 87.4 Å². The van der Waals surface area contributed by atoms with E-state index in [9.17, 15) is 13.2 Å². The molecule has 3 aromatic rings. The van der Waals surface area contributed by atoms with E-state index in [-0.39, 0.29) is 26.2 Å². The zero-order valence-electron chi connectivity index (χ0n) is 15.7.